The molecular weight excluding hydrogens is 218 g/mol. The van der Waals surface area contributed by atoms with Crippen molar-refractivity contribution < 1.29 is 14.7 Å². The molecule has 0 atom stereocenters. The molecule has 0 amide bonds. The van der Waals surface area contributed by atoms with Crippen molar-refractivity contribution in [2.75, 3.05) is 12.4 Å². The normalized spacial score (nSPS) is 9.00. The maximum absolute atomic E-state index is 10.3. The second kappa shape index (κ2) is 13.4. The summed E-state index contributed by atoms with van der Waals surface area (Å²) in [6.45, 7) is 2.11. The van der Waals surface area contributed by atoms with Crippen molar-refractivity contribution in [3.8, 4) is 0 Å². The largest absolute Gasteiger partial charge is 0.481 e. The van der Waals surface area contributed by atoms with Gasteiger partial charge in [-0.05, 0) is 6.42 Å². The summed E-state index contributed by atoms with van der Waals surface area (Å²) in [6.07, 6.45) is 3.66. The number of ketones is 1. The average Bonchev–Trinajstić information content (AvgIpc) is 2.23. The van der Waals surface area contributed by atoms with E-state index in [0.717, 1.165) is 5.88 Å². The van der Waals surface area contributed by atoms with Gasteiger partial charge in [0, 0.05) is 12.3 Å². The van der Waals surface area contributed by atoms with E-state index in [1.165, 1.54) is 19.3 Å². The van der Waals surface area contributed by atoms with Crippen LogP contribution in [0.25, 0.3) is 0 Å². The first-order chi connectivity index (χ1) is 7.08. The number of carbonyl (C=O) groups excluding carboxylic acids is 1. The predicted molar refractivity (Wildman–Crippen MR) is 61.2 cm³/mol. The van der Waals surface area contributed by atoms with Gasteiger partial charge in [-0.1, -0.05) is 19.8 Å². The van der Waals surface area contributed by atoms with Crippen molar-refractivity contribution in [3.63, 3.8) is 0 Å². The lowest BCUT2D eigenvalue weighted by molar-refractivity contribution is -0.138. The van der Waals surface area contributed by atoms with Gasteiger partial charge in [0.25, 0.3) is 0 Å². The van der Waals surface area contributed by atoms with Crippen LogP contribution in [0.4, 0.5) is 0 Å². The summed E-state index contributed by atoms with van der Waals surface area (Å²) < 4.78 is 0. The lowest BCUT2D eigenvalue weighted by atomic mass is 10.2. The van der Waals surface area contributed by atoms with Crippen LogP contribution >= 0.6 is 11.6 Å². The number of hydrogen-bond acceptors (Lipinski definition) is 3. The molecule has 5 heteroatoms. The summed E-state index contributed by atoms with van der Waals surface area (Å²) in [6, 6.07) is 0. The highest BCUT2D eigenvalue weighted by Gasteiger charge is 2.01. The van der Waals surface area contributed by atoms with Crippen LogP contribution < -0.4 is 5.73 Å². The molecule has 0 bridgehead atoms. The Balaban J connectivity index is 0. The number of hydrogen-bond donors (Lipinski definition) is 2. The summed E-state index contributed by atoms with van der Waals surface area (Å²) in [5.74, 6) is -0.345. The van der Waals surface area contributed by atoms with E-state index in [4.69, 9.17) is 22.4 Å². The predicted octanol–water partition coefficient (Wildman–Crippen LogP) is 1.79. The van der Waals surface area contributed by atoms with E-state index in [9.17, 15) is 9.59 Å². The van der Waals surface area contributed by atoms with Gasteiger partial charge in [0.05, 0.1) is 13.0 Å². The number of alkyl halides is 1. The van der Waals surface area contributed by atoms with Crippen LogP contribution in [-0.2, 0) is 9.59 Å². The minimum absolute atomic E-state index is 0.0475. The third-order valence-electron chi connectivity index (χ3n) is 1.58. The zero-order valence-corrected chi connectivity index (χ0v) is 9.92. The van der Waals surface area contributed by atoms with E-state index in [2.05, 4.69) is 6.92 Å². The van der Waals surface area contributed by atoms with Gasteiger partial charge in [-0.15, -0.1) is 11.6 Å². The van der Waals surface area contributed by atoms with Crippen LogP contribution in [0.1, 0.15) is 39.0 Å². The van der Waals surface area contributed by atoms with Crippen LogP contribution in [-0.4, -0.2) is 29.3 Å². The number of unbranched alkanes of at least 4 members (excludes halogenated alkanes) is 2. The highest BCUT2D eigenvalue weighted by atomic mass is 35.5. The second-order valence-electron chi connectivity index (χ2n) is 3.03. The fourth-order valence-electron chi connectivity index (χ4n) is 0.693. The second-order valence-corrected chi connectivity index (χ2v) is 3.41. The summed E-state index contributed by atoms with van der Waals surface area (Å²) >= 11 is 5.38. The van der Waals surface area contributed by atoms with Crippen LogP contribution in [0.3, 0.4) is 0 Å². The Kier molecular flexibility index (Phi) is 15.0. The van der Waals surface area contributed by atoms with Crippen LogP contribution in [0.15, 0.2) is 0 Å². The fourth-order valence-corrected chi connectivity index (χ4v) is 0.882. The Labute approximate surface area is 95.8 Å². The fraction of sp³-hybridized carbons (Fsp3) is 0.800. The van der Waals surface area contributed by atoms with Crippen LogP contribution in [0.2, 0.25) is 0 Å². The van der Waals surface area contributed by atoms with Gasteiger partial charge in [-0.2, -0.15) is 0 Å². The van der Waals surface area contributed by atoms with Crippen molar-refractivity contribution in [1.82, 2.24) is 0 Å². The zero-order valence-electron chi connectivity index (χ0n) is 9.17. The minimum atomic E-state index is -0.961. The third-order valence-corrected chi connectivity index (χ3v) is 1.85. The maximum atomic E-state index is 10.3. The Morgan fingerprint density at radius 1 is 1.27 bits per heavy atom. The Bertz CT molecular complexity index is 170. The number of carboxylic acids is 1. The molecule has 0 aromatic carbocycles. The lowest BCUT2D eigenvalue weighted by Crippen LogP contribution is -2.14. The zero-order chi connectivity index (χ0) is 12.1. The Hall–Kier alpha value is -0.610. The van der Waals surface area contributed by atoms with Crippen molar-refractivity contribution in [1.29, 1.82) is 0 Å². The molecule has 0 saturated heterocycles. The molecule has 0 unspecified atom stereocenters. The van der Waals surface area contributed by atoms with Gasteiger partial charge in [-0.25, -0.2) is 0 Å². The monoisotopic (exact) mass is 237 g/mol. The molecule has 0 aliphatic heterocycles. The van der Waals surface area contributed by atoms with Gasteiger partial charge in [0.1, 0.15) is 5.78 Å². The van der Waals surface area contributed by atoms with E-state index in [1.807, 2.05) is 0 Å². The molecule has 0 radical (unpaired) electrons. The highest BCUT2D eigenvalue weighted by molar-refractivity contribution is 6.17. The number of nitrogens with two attached hydrogens (primary N) is 1. The van der Waals surface area contributed by atoms with Gasteiger partial charge >= 0.3 is 5.97 Å². The molecule has 0 rings (SSSR count). The molecular formula is C10H20ClNO3. The van der Waals surface area contributed by atoms with E-state index >= 15 is 0 Å². The smallest absolute Gasteiger partial charge is 0.303 e. The quantitative estimate of drug-likeness (QED) is 0.523. The summed E-state index contributed by atoms with van der Waals surface area (Å²) in [5, 5.41) is 8.06. The first kappa shape index (κ1) is 16.8. The van der Waals surface area contributed by atoms with E-state index < -0.39 is 5.97 Å². The molecule has 0 aromatic heterocycles. The molecule has 4 nitrogen and oxygen atoms in total. The molecule has 0 aliphatic carbocycles. The molecule has 3 N–H and O–H groups in total. The topological polar surface area (TPSA) is 80.4 Å². The SMILES string of the molecule is CCCCCCl.NCC(=O)CCC(=O)O. The molecule has 0 spiro atoms. The maximum Gasteiger partial charge on any atom is 0.303 e. The molecule has 15 heavy (non-hydrogen) atoms. The van der Waals surface area contributed by atoms with Crippen molar-refractivity contribution in [2.45, 2.75) is 39.0 Å². The van der Waals surface area contributed by atoms with Gasteiger partial charge in [0.2, 0.25) is 0 Å². The number of carbonyl (C=O) groups is 2. The van der Waals surface area contributed by atoms with Crippen molar-refractivity contribution >= 4 is 23.4 Å². The molecule has 90 valence electrons. The van der Waals surface area contributed by atoms with Crippen molar-refractivity contribution in [3.05, 3.63) is 0 Å². The summed E-state index contributed by atoms with van der Waals surface area (Å²) in [7, 11) is 0. The number of Topliss-reactive ketones (excluding diaryl/α,β-unsaturated/α-hetero) is 1. The number of carboxylic acid groups (broad SMARTS) is 1. The molecule has 0 heterocycles. The summed E-state index contributed by atoms with van der Waals surface area (Å²) in [4.78, 5) is 20.2. The Morgan fingerprint density at radius 2 is 1.87 bits per heavy atom. The molecule has 0 fully saturated rings. The minimum Gasteiger partial charge on any atom is -0.481 e. The standard InChI is InChI=1S/C5H11Cl.C5H9NO3/c1-2-3-4-5-6;6-3-4(7)1-2-5(8)9/h2-5H2,1H3;1-3,6H2,(H,8,9). The van der Waals surface area contributed by atoms with E-state index in [-0.39, 0.29) is 25.2 Å². The number of aliphatic carboxylic acids is 1. The number of rotatable bonds is 7. The molecule has 0 aromatic rings. The first-order valence-corrected chi connectivity index (χ1v) is 5.61. The summed E-state index contributed by atoms with van der Waals surface area (Å²) in [5.41, 5.74) is 4.92. The lowest BCUT2D eigenvalue weighted by Gasteiger charge is -1.90. The van der Waals surface area contributed by atoms with Crippen LogP contribution in [0.5, 0.6) is 0 Å². The third kappa shape index (κ3) is 19.7. The number of halogens is 1. The average molecular weight is 238 g/mol. The van der Waals surface area contributed by atoms with Crippen LogP contribution in [0, 0.1) is 0 Å². The van der Waals surface area contributed by atoms with Gasteiger partial charge in [0.15, 0.2) is 0 Å². The Morgan fingerprint density at radius 3 is 2.13 bits per heavy atom. The van der Waals surface area contributed by atoms with Gasteiger partial charge < -0.3 is 10.8 Å². The highest BCUT2D eigenvalue weighted by Crippen LogP contribution is 1.93. The first-order valence-electron chi connectivity index (χ1n) is 5.08. The molecule has 0 saturated carbocycles. The van der Waals surface area contributed by atoms with Crippen molar-refractivity contribution in [2.24, 2.45) is 5.73 Å². The molecule has 0 aliphatic rings. The van der Waals surface area contributed by atoms with E-state index in [1.54, 1.807) is 0 Å². The van der Waals surface area contributed by atoms with E-state index in [0.29, 0.717) is 0 Å². The van der Waals surface area contributed by atoms with Gasteiger partial charge in [-0.3, -0.25) is 9.59 Å².